The molecule has 0 unspecified atom stereocenters. The average molecular weight is 271 g/mol. The fourth-order valence-corrected chi connectivity index (χ4v) is 1.82. The van der Waals surface area contributed by atoms with Crippen molar-refractivity contribution >= 4 is 18.4 Å². The monoisotopic (exact) mass is 271 g/mol. The molecule has 4 N–H and O–H groups in total. The number of nitrogens with zero attached hydrogens (tertiary/aromatic N) is 2. The van der Waals surface area contributed by atoms with Crippen LogP contribution in [0.1, 0.15) is 5.69 Å². The molecule has 102 valence electrons. The van der Waals surface area contributed by atoms with Crippen LogP contribution >= 0.6 is 0 Å². The molecule has 0 atom stereocenters. The Bertz CT molecular complexity index is 702. The first-order chi connectivity index (χ1) is 9.61. The minimum absolute atomic E-state index is 0.274. The Hall–Kier alpha value is -2.73. The van der Waals surface area contributed by atoms with Crippen LogP contribution in [0.5, 0.6) is 5.75 Å². The minimum atomic E-state index is -0.383. The van der Waals surface area contributed by atoms with E-state index in [4.69, 9.17) is 5.41 Å². The predicted molar refractivity (Wildman–Crippen MR) is 77.3 cm³/mol. The molecule has 2 aromatic rings. The molecule has 0 bridgehead atoms. The first kappa shape index (κ1) is 13.7. The number of hydrogen-bond donors (Lipinski definition) is 3. The second-order valence-corrected chi connectivity index (χ2v) is 4.22. The molecule has 1 aromatic carbocycles. The fraction of sp³-hybridized carbons (Fsp3) is 0.0714. The van der Waals surface area contributed by atoms with Crippen LogP contribution in [0.4, 0.5) is 5.69 Å². The molecule has 6 nitrogen and oxygen atoms in total. The number of aryl methyl sites for hydroxylation is 1. The Morgan fingerprint density at radius 3 is 2.70 bits per heavy atom. The number of aromatic nitrogens is 1. The van der Waals surface area contributed by atoms with Crippen molar-refractivity contribution in [3.05, 3.63) is 52.4 Å². The number of quaternary nitrogens is 1. The van der Waals surface area contributed by atoms with E-state index in [1.165, 1.54) is 12.3 Å². The highest BCUT2D eigenvalue weighted by molar-refractivity contribution is 5.64. The van der Waals surface area contributed by atoms with E-state index in [1.54, 1.807) is 23.1 Å². The van der Waals surface area contributed by atoms with Crippen LogP contribution in [0.3, 0.4) is 0 Å². The summed E-state index contributed by atoms with van der Waals surface area (Å²) in [4.78, 5) is 15.0. The number of aliphatic imine (C=N–C) groups is 1. The molecule has 6 heteroatoms. The zero-order chi connectivity index (χ0) is 14.5. The third kappa shape index (κ3) is 2.99. The van der Waals surface area contributed by atoms with Gasteiger partial charge in [-0.2, -0.15) is 4.99 Å². The van der Waals surface area contributed by atoms with Gasteiger partial charge in [-0.25, -0.2) is 0 Å². The summed E-state index contributed by atoms with van der Waals surface area (Å²) >= 11 is 0. The molecule has 1 aromatic heterocycles. The van der Waals surface area contributed by atoms with Crippen molar-refractivity contribution in [2.24, 2.45) is 4.99 Å². The molecule has 0 radical (unpaired) electrons. The smallest absolute Gasteiger partial charge is 0.223 e. The second-order valence-electron chi connectivity index (χ2n) is 4.22. The summed E-state index contributed by atoms with van der Waals surface area (Å²) in [6.45, 7) is 1.80. The number of nitrogens with two attached hydrogens (primary N) is 1. The molecular weight excluding hydrogens is 256 g/mol. The number of pyridine rings is 1. The Morgan fingerprint density at radius 1 is 1.35 bits per heavy atom. The van der Waals surface area contributed by atoms with Crippen molar-refractivity contribution in [2.45, 2.75) is 6.92 Å². The third-order valence-electron chi connectivity index (χ3n) is 2.82. The lowest BCUT2D eigenvalue weighted by atomic mass is 10.2. The summed E-state index contributed by atoms with van der Waals surface area (Å²) in [5, 5.41) is 18.1. The van der Waals surface area contributed by atoms with Crippen molar-refractivity contribution in [1.29, 1.82) is 5.41 Å². The van der Waals surface area contributed by atoms with Crippen molar-refractivity contribution < 1.29 is 10.4 Å². The maximum absolute atomic E-state index is 11.3. The Balaban J connectivity index is 2.30. The molecule has 0 amide bonds. The lowest BCUT2D eigenvalue weighted by molar-refractivity contribution is -0.432. The number of benzene rings is 1. The summed E-state index contributed by atoms with van der Waals surface area (Å²) in [5.41, 5.74) is 2.16. The highest BCUT2D eigenvalue weighted by atomic mass is 16.3. The van der Waals surface area contributed by atoms with Crippen LogP contribution in [0.2, 0.25) is 0 Å². The molecule has 20 heavy (non-hydrogen) atoms. The maximum Gasteiger partial charge on any atom is 0.223 e. The highest BCUT2D eigenvalue weighted by Crippen LogP contribution is 2.14. The van der Waals surface area contributed by atoms with Crippen LogP contribution in [0.15, 0.2) is 46.3 Å². The standard InChI is InChI=1S/C14H14N4O2/c1-10-6-13(19)14(20)7-18(10)12-4-2-11(3-5-12)17-9-16-8-15/h2-9,20H,1H3,(H2,15,16,17)/p+1. The van der Waals surface area contributed by atoms with Gasteiger partial charge in [0, 0.05) is 29.6 Å². The molecule has 2 rings (SSSR count). The zero-order valence-corrected chi connectivity index (χ0v) is 10.9. The normalized spacial score (nSPS) is 10.8. The van der Waals surface area contributed by atoms with Gasteiger partial charge in [0.2, 0.25) is 5.43 Å². The maximum atomic E-state index is 11.3. The number of nitrogens with one attached hydrogen (secondary N) is 1. The SMILES string of the molecule is Cc1cc(=O)c(O)cn1-c1ccc([NH2+]C=NC=N)cc1. The molecule has 0 spiro atoms. The lowest BCUT2D eigenvalue weighted by Gasteiger charge is -2.10. The van der Waals surface area contributed by atoms with E-state index in [0.717, 1.165) is 23.4 Å². The summed E-state index contributed by atoms with van der Waals surface area (Å²) in [6.07, 6.45) is 3.92. The van der Waals surface area contributed by atoms with Crippen LogP contribution in [0, 0.1) is 12.3 Å². The summed E-state index contributed by atoms with van der Waals surface area (Å²) in [6, 6.07) is 8.92. The number of rotatable bonds is 4. The van der Waals surface area contributed by atoms with E-state index in [1.807, 2.05) is 24.3 Å². The predicted octanol–water partition coefficient (Wildman–Crippen LogP) is 0.682. The van der Waals surface area contributed by atoms with Crippen LogP contribution in [0.25, 0.3) is 5.69 Å². The molecule has 0 saturated carbocycles. The van der Waals surface area contributed by atoms with Crippen LogP contribution in [-0.2, 0) is 0 Å². The molecule has 0 aliphatic carbocycles. The largest absolute Gasteiger partial charge is 0.503 e. The van der Waals surface area contributed by atoms with Crippen molar-refractivity contribution in [1.82, 2.24) is 4.57 Å². The van der Waals surface area contributed by atoms with E-state index in [0.29, 0.717) is 0 Å². The Morgan fingerprint density at radius 2 is 2.05 bits per heavy atom. The van der Waals surface area contributed by atoms with Gasteiger partial charge < -0.3 is 9.67 Å². The minimum Gasteiger partial charge on any atom is -0.503 e. The van der Waals surface area contributed by atoms with Crippen molar-refractivity contribution in [3.8, 4) is 11.4 Å². The van der Waals surface area contributed by atoms with Crippen molar-refractivity contribution in [2.75, 3.05) is 0 Å². The van der Waals surface area contributed by atoms with E-state index in [-0.39, 0.29) is 11.2 Å². The lowest BCUT2D eigenvalue weighted by Crippen LogP contribution is -2.76. The van der Waals surface area contributed by atoms with Gasteiger partial charge in [-0.1, -0.05) is 0 Å². The Labute approximate surface area is 115 Å². The molecule has 0 aliphatic rings. The van der Waals surface area contributed by atoms with Crippen LogP contribution in [-0.4, -0.2) is 22.4 Å². The van der Waals surface area contributed by atoms with E-state index in [9.17, 15) is 9.90 Å². The summed E-state index contributed by atoms with van der Waals surface area (Å²) in [5.74, 6) is -0.274. The second kappa shape index (κ2) is 5.94. The molecular formula is C14H15N4O2+. The van der Waals surface area contributed by atoms with E-state index >= 15 is 0 Å². The first-order valence-electron chi connectivity index (χ1n) is 6.00. The molecule has 0 aliphatic heterocycles. The zero-order valence-electron chi connectivity index (χ0n) is 10.9. The van der Waals surface area contributed by atoms with Gasteiger partial charge in [0.05, 0.1) is 6.20 Å². The van der Waals surface area contributed by atoms with Gasteiger partial charge in [0.1, 0.15) is 12.0 Å². The van der Waals surface area contributed by atoms with Crippen molar-refractivity contribution in [3.63, 3.8) is 0 Å². The third-order valence-corrected chi connectivity index (χ3v) is 2.82. The van der Waals surface area contributed by atoms with Gasteiger partial charge in [0.15, 0.2) is 12.1 Å². The van der Waals surface area contributed by atoms with E-state index in [2.05, 4.69) is 4.99 Å². The van der Waals surface area contributed by atoms with Gasteiger partial charge in [-0.15, -0.1) is 0 Å². The quantitative estimate of drug-likeness (QED) is 0.433. The summed E-state index contributed by atoms with van der Waals surface area (Å²) < 4.78 is 1.74. The van der Waals surface area contributed by atoms with Crippen LogP contribution < -0.4 is 10.7 Å². The van der Waals surface area contributed by atoms with Gasteiger partial charge in [0.25, 0.3) is 0 Å². The topological polar surface area (TPSA) is 95.0 Å². The average Bonchev–Trinajstić information content (AvgIpc) is 2.44. The molecule has 0 saturated heterocycles. The number of hydrogen-bond acceptors (Lipinski definition) is 3. The highest BCUT2D eigenvalue weighted by Gasteiger charge is 2.04. The van der Waals surface area contributed by atoms with Gasteiger partial charge in [-0.3, -0.25) is 15.5 Å². The molecule has 0 fully saturated rings. The van der Waals surface area contributed by atoms with E-state index < -0.39 is 0 Å². The van der Waals surface area contributed by atoms with Gasteiger partial charge >= 0.3 is 0 Å². The van der Waals surface area contributed by atoms with Gasteiger partial charge in [-0.05, 0) is 19.1 Å². The molecule has 1 heterocycles. The Kier molecular flexibility index (Phi) is 4.07. The summed E-state index contributed by atoms with van der Waals surface area (Å²) in [7, 11) is 0. The first-order valence-corrected chi connectivity index (χ1v) is 6.00. The number of aromatic hydroxyl groups is 1. The fourth-order valence-electron chi connectivity index (χ4n) is 1.82.